The molecule has 1 aliphatic rings. The number of nitrogen functional groups attached to an aromatic ring is 1. The van der Waals surface area contributed by atoms with Crippen LogP contribution in [-0.4, -0.2) is 55.5 Å². The maximum atomic E-state index is 6.21. The molecule has 4 rings (SSSR count). The fourth-order valence-corrected chi connectivity index (χ4v) is 3.35. The number of ether oxygens (including phenoxy) is 3. The van der Waals surface area contributed by atoms with Crippen molar-refractivity contribution in [3.8, 4) is 11.5 Å². The summed E-state index contributed by atoms with van der Waals surface area (Å²) in [5.74, 6) is 2.35. The highest BCUT2D eigenvalue weighted by molar-refractivity contribution is 6.07. The van der Waals surface area contributed by atoms with Gasteiger partial charge in [-0.05, 0) is 18.9 Å². The minimum Gasteiger partial charge on any atom is -0.493 e. The van der Waals surface area contributed by atoms with Gasteiger partial charge < -0.3 is 24.8 Å². The molecule has 1 saturated heterocycles. The molecule has 8 nitrogen and oxygen atoms in total. The third kappa shape index (κ3) is 3.28. The van der Waals surface area contributed by atoms with Crippen molar-refractivity contribution >= 4 is 33.6 Å². The number of rotatable bonds is 6. The predicted octanol–water partition coefficient (Wildman–Crippen LogP) is 2.39. The molecule has 8 heteroatoms. The molecule has 0 amide bonds. The number of aromatic nitrogens is 3. The summed E-state index contributed by atoms with van der Waals surface area (Å²) < 4.78 is 16.3. The molecule has 0 unspecified atom stereocenters. The van der Waals surface area contributed by atoms with Gasteiger partial charge >= 0.3 is 0 Å². The number of nitrogens with two attached hydrogens (primary N) is 1. The van der Waals surface area contributed by atoms with E-state index < -0.39 is 0 Å². The predicted molar refractivity (Wildman–Crippen MR) is 105 cm³/mol. The van der Waals surface area contributed by atoms with Crippen LogP contribution >= 0.6 is 0 Å². The van der Waals surface area contributed by atoms with Crippen LogP contribution in [-0.2, 0) is 4.74 Å². The van der Waals surface area contributed by atoms with Crippen molar-refractivity contribution in [2.24, 2.45) is 0 Å². The number of benzene rings is 1. The molecule has 0 atom stereocenters. The first-order valence-corrected chi connectivity index (χ1v) is 9.02. The van der Waals surface area contributed by atoms with E-state index in [1.54, 1.807) is 20.4 Å². The Kier molecular flexibility index (Phi) is 4.81. The molecular formula is C19H23N5O3. The van der Waals surface area contributed by atoms with E-state index in [1.807, 2.05) is 12.1 Å². The lowest BCUT2D eigenvalue weighted by molar-refractivity contribution is 0.144. The molecule has 3 aromatic rings. The molecule has 2 N–H and O–H groups in total. The van der Waals surface area contributed by atoms with Crippen LogP contribution in [0.2, 0.25) is 0 Å². The first kappa shape index (κ1) is 17.5. The van der Waals surface area contributed by atoms with Gasteiger partial charge in [0.2, 0.25) is 5.95 Å². The zero-order valence-corrected chi connectivity index (χ0v) is 15.6. The Balaban J connectivity index is 1.85. The summed E-state index contributed by atoms with van der Waals surface area (Å²) in [6.07, 6.45) is 4.01. The molecule has 3 heterocycles. The van der Waals surface area contributed by atoms with Crippen molar-refractivity contribution in [2.45, 2.75) is 12.8 Å². The van der Waals surface area contributed by atoms with Crippen molar-refractivity contribution in [1.82, 2.24) is 15.0 Å². The summed E-state index contributed by atoms with van der Waals surface area (Å²) >= 11 is 0. The van der Waals surface area contributed by atoms with Gasteiger partial charge in [-0.2, -0.15) is 4.98 Å². The lowest BCUT2D eigenvalue weighted by Crippen LogP contribution is -2.21. The summed E-state index contributed by atoms with van der Waals surface area (Å²) in [7, 11) is 3.25. The Hall–Kier alpha value is -2.87. The Morgan fingerprint density at radius 2 is 1.85 bits per heavy atom. The van der Waals surface area contributed by atoms with Gasteiger partial charge in [0.05, 0.1) is 30.1 Å². The summed E-state index contributed by atoms with van der Waals surface area (Å²) in [5.41, 5.74) is 7.75. The normalized spacial score (nSPS) is 14.2. The maximum absolute atomic E-state index is 6.21. The van der Waals surface area contributed by atoms with E-state index in [4.69, 9.17) is 24.9 Å². The van der Waals surface area contributed by atoms with Gasteiger partial charge in [0.15, 0.2) is 11.5 Å². The molecule has 142 valence electrons. The molecule has 27 heavy (non-hydrogen) atoms. The minimum absolute atomic E-state index is 0.431. The molecule has 0 saturated carbocycles. The third-order valence-electron chi connectivity index (χ3n) is 4.77. The lowest BCUT2D eigenvalue weighted by atomic mass is 10.1. The Labute approximate surface area is 157 Å². The number of anilines is 2. The van der Waals surface area contributed by atoms with E-state index in [-0.39, 0.29) is 0 Å². The van der Waals surface area contributed by atoms with Crippen molar-refractivity contribution in [1.29, 1.82) is 0 Å². The monoisotopic (exact) mass is 369 g/mol. The number of hydrogen-bond acceptors (Lipinski definition) is 8. The zero-order valence-electron chi connectivity index (χ0n) is 15.6. The van der Waals surface area contributed by atoms with Gasteiger partial charge in [-0.3, -0.25) is 4.98 Å². The molecule has 1 aliphatic heterocycles. The number of hydrogen-bond donors (Lipinski definition) is 1. The smallest absolute Gasteiger partial charge is 0.227 e. The van der Waals surface area contributed by atoms with Gasteiger partial charge in [0, 0.05) is 37.8 Å². The van der Waals surface area contributed by atoms with Crippen molar-refractivity contribution in [2.75, 3.05) is 51.2 Å². The second kappa shape index (κ2) is 7.40. The summed E-state index contributed by atoms with van der Waals surface area (Å²) in [6, 6.07) is 3.75. The van der Waals surface area contributed by atoms with Crippen LogP contribution in [0.15, 0.2) is 18.3 Å². The standard InChI is InChI=1S/C19H23N5O3/c1-25-7-8-27-16-10-14-12(9-15(16)26-2)17-13(11-21-14)18(20)23-19(22-17)24-5-3-4-6-24/h9-11H,3-8H2,1-2H3,(H2,20,22,23). The molecule has 1 fully saturated rings. The Morgan fingerprint density at radius 1 is 1.04 bits per heavy atom. The van der Waals surface area contributed by atoms with E-state index in [0.717, 1.165) is 47.7 Å². The quantitative estimate of drug-likeness (QED) is 0.523. The number of pyridine rings is 1. The molecule has 0 spiro atoms. The van der Waals surface area contributed by atoms with Crippen LogP contribution in [0, 0.1) is 0 Å². The molecule has 0 radical (unpaired) electrons. The first-order chi connectivity index (χ1) is 13.2. The highest BCUT2D eigenvalue weighted by atomic mass is 16.5. The number of methoxy groups -OCH3 is 2. The van der Waals surface area contributed by atoms with E-state index >= 15 is 0 Å². The fraction of sp³-hybridized carbons (Fsp3) is 0.421. The van der Waals surface area contributed by atoms with Crippen LogP contribution in [0.5, 0.6) is 11.5 Å². The average molecular weight is 369 g/mol. The van der Waals surface area contributed by atoms with Gasteiger partial charge in [0.25, 0.3) is 0 Å². The van der Waals surface area contributed by atoms with E-state index in [2.05, 4.69) is 14.9 Å². The minimum atomic E-state index is 0.431. The van der Waals surface area contributed by atoms with Crippen LogP contribution in [0.1, 0.15) is 12.8 Å². The van der Waals surface area contributed by atoms with Crippen LogP contribution in [0.25, 0.3) is 21.8 Å². The summed E-state index contributed by atoms with van der Waals surface area (Å²) in [4.78, 5) is 16.0. The maximum Gasteiger partial charge on any atom is 0.227 e. The molecular weight excluding hydrogens is 346 g/mol. The van der Waals surface area contributed by atoms with E-state index in [9.17, 15) is 0 Å². The summed E-state index contributed by atoms with van der Waals surface area (Å²) in [5, 5.41) is 1.60. The fourth-order valence-electron chi connectivity index (χ4n) is 3.35. The van der Waals surface area contributed by atoms with Gasteiger partial charge in [-0.15, -0.1) is 0 Å². The average Bonchev–Trinajstić information content (AvgIpc) is 3.22. The van der Waals surface area contributed by atoms with Gasteiger partial charge in [-0.1, -0.05) is 0 Å². The number of nitrogens with zero attached hydrogens (tertiary/aromatic N) is 4. The van der Waals surface area contributed by atoms with E-state index in [0.29, 0.717) is 36.5 Å². The number of fused-ring (bicyclic) bond motifs is 3. The first-order valence-electron chi connectivity index (χ1n) is 9.02. The zero-order chi connectivity index (χ0) is 18.8. The summed E-state index contributed by atoms with van der Waals surface area (Å²) in [6.45, 7) is 2.83. The highest BCUT2D eigenvalue weighted by Crippen LogP contribution is 2.35. The molecule has 0 bridgehead atoms. The largest absolute Gasteiger partial charge is 0.493 e. The van der Waals surface area contributed by atoms with Crippen molar-refractivity contribution < 1.29 is 14.2 Å². The molecule has 1 aromatic carbocycles. The second-order valence-electron chi connectivity index (χ2n) is 6.48. The molecule has 2 aromatic heterocycles. The van der Waals surface area contributed by atoms with Gasteiger partial charge in [0.1, 0.15) is 12.4 Å². The SMILES string of the molecule is COCCOc1cc2ncc3c(N)nc(N4CCCC4)nc3c2cc1OC. The van der Waals surface area contributed by atoms with E-state index in [1.165, 1.54) is 0 Å². The second-order valence-corrected chi connectivity index (χ2v) is 6.48. The van der Waals surface area contributed by atoms with Crippen LogP contribution in [0.3, 0.4) is 0 Å². The van der Waals surface area contributed by atoms with Crippen molar-refractivity contribution in [3.63, 3.8) is 0 Å². The topological polar surface area (TPSA) is 95.6 Å². The third-order valence-corrected chi connectivity index (χ3v) is 4.77. The molecule has 0 aliphatic carbocycles. The lowest BCUT2D eigenvalue weighted by Gasteiger charge is -2.17. The Bertz CT molecular complexity index is 973. The van der Waals surface area contributed by atoms with Crippen LogP contribution in [0.4, 0.5) is 11.8 Å². The Morgan fingerprint density at radius 3 is 2.59 bits per heavy atom. The van der Waals surface area contributed by atoms with Crippen LogP contribution < -0.4 is 20.1 Å². The van der Waals surface area contributed by atoms with Gasteiger partial charge in [-0.25, -0.2) is 4.98 Å². The van der Waals surface area contributed by atoms with Crippen molar-refractivity contribution in [3.05, 3.63) is 18.3 Å². The highest BCUT2D eigenvalue weighted by Gasteiger charge is 2.19.